The highest BCUT2D eigenvalue weighted by molar-refractivity contribution is 7.99. The number of para-hydroxylation sites is 1. The largest absolute Gasteiger partial charge is 0.416 e. The second kappa shape index (κ2) is 6.05. The molecule has 0 amide bonds. The summed E-state index contributed by atoms with van der Waals surface area (Å²) < 4.78 is 39.8. The van der Waals surface area contributed by atoms with E-state index >= 15 is 0 Å². The third kappa shape index (κ3) is 2.92. The lowest BCUT2D eigenvalue weighted by molar-refractivity contribution is -0.138. The number of hydrogen-bond acceptors (Lipinski definition) is 2. The molecule has 0 bridgehead atoms. The van der Waals surface area contributed by atoms with E-state index in [0.717, 1.165) is 15.5 Å². The minimum absolute atomic E-state index is 0.299. The lowest BCUT2D eigenvalue weighted by atomic mass is 10.00. The lowest BCUT2D eigenvalue weighted by Gasteiger charge is -2.25. The Morgan fingerprint density at radius 1 is 1.05 bits per heavy atom. The van der Waals surface area contributed by atoms with E-state index in [1.165, 1.54) is 23.9 Å². The van der Waals surface area contributed by atoms with Crippen LogP contribution in [-0.2, 0) is 12.6 Å². The monoisotopic (exact) mass is 343 g/mol. The Morgan fingerprint density at radius 2 is 1.82 bits per heavy atom. The van der Waals surface area contributed by atoms with Crippen LogP contribution in [0.2, 0.25) is 0 Å². The van der Waals surface area contributed by atoms with E-state index in [2.05, 4.69) is 5.32 Å². The highest BCUT2D eigenvalue weighted by atomic mass is 35.5. The van der Waals surface area contributed by atoms with Crippen LogP contribution in [0.4, 0.5) is 24.5 Å². The van der Waals surface area contributed by atoms with Crippen molar-refractivity contribution in [2.75, 3.05) is 11.2 Å². The standard InChI is InChI=1S/C16H13ClF3NS/c17-9-3-4-10-11(16(18,19)20)7-8-14-15(10)21-12-5-1-2-6-13(12)22-14/h1-2,5-8,21H,3-4,9H2. The van der Waals surface area contributed by atoms with Gasteiger partial charge in [-0.3, -0.25) is 0 Å². The molecule has 1 N–H and O–H groups in total. The number of rotatable bonds is 3. The molecule has 0 fully saturated rings. The predicted molar refractivity (Wildman–Crippen MR) is 84.3 cm³/mol. The molecule has 1 aliphatic heterocycles. The topological polar surface area (TPSA) is 12.0 Å². The predicted octanol–water partition coefficient (Wildman–Crippen LogP) is 6.09. The Balaban J connectivity index is 2.10. The van der Waals surface area contributed by atoms with Crippen LogP contribution in [0.5, 0.6) is 0 Å². The van der Waals surface area contributed by atoms with E-state index in [9.17, 15) is 13.2 Å². The van der Waals surface area contributed by atoms with Gasteiger partial charge < -0.3 is 5.32 Å². The van der Waals surface area contributed by atoms with Crippen molar-refractivity contribution in [1.29, 1.82) is 0 Å². The summed E-state index contributed by atoms with van der Waals surface area (Å²) in [5.41, 5.74) is 1.12. The van der Waals surface area contributed by atoms with Crippen LogP contribution < -0.4 is 5.32 Å². The molecule has 0 aliphatic carbocycles. The van der Waals surface area contributed by atoms with E-state index in [1.807, 2.05) is 24.3 Å². The fourth-order valence-corrected chi connectivity index (χ4v) is 3.69. The van der Waals surface area contributed by atoms with Gasteiger partial charge in [0.15, 0.2) is 0 Å². The van der Waals surface area contributed by atoms with Gasteiger partial charge in [0.1, 0.15) is 0 Å². The second-order valence-electron chi connectivity index (χ2n) is 4.98. The number of nitrogens with one attached hydrogen (secondary N) is 1. The lowest BCUT2D eigenvalue weighted by Crippen LogP contribution is -2.13. The van der Waals surface area contributed by atoms with Gasteiger partial charge in [-0.25, -0.2) is 0 Å². The van der Waals surface area contributed by atoms with Crippen molar-refractivity contribution in [2.24, 2.45) is 0 Å². The molecule has 0 radical (unpaired) electrons. The van der Waals surface area contributed by atoms with Gasteiger partial charge in [0.25, 0.3) is 0 Å². The van der Waals surface area contributed by atoms with Gasteiger partial charge in [-0.1, -0.05) is 23.9 Å². The summed E-state index contributed by atoms with van der Waals surface area (Å²) >= 11 is 7.16. The maximum absolute atomic E-state index is 13.3. The van der Waals surface area contributed by atoms with E-state index in [4.69, 9.17) is 11.6 Å². The summed E-state index contributed by atoms with van der Waals surface area (Å²) in [6.07, 6.45) is -3.55. The van der Waals surface area contributed by atoms with Crippen LogP contribution in [0.3, 0.4) is 0 Å². The Morgan fingerprint density at radius 3 is 2.55 bits per heavy atom. The Hall–Kier alpha value is -1.33. The quantitative estimate of drug-likeness (QED) is 0.578. The molecule has 116 valence electrons. The van der Waals surface area contributed by atoms with Crippen LogP contribution in [0, 0.1) is 0 Å². The van der Waals surface area contributed by atoms with Crippen molar-refractivity contribution >= 4 is 34.7 Å². The average Bonchev–Trinajstić information content (AvgIpc) is 2.49. The van der Waals surface area contributed by atoms with Gasteiger partial charge in [-0.15, -0.1) is 11.6 Å². The van der Waals surface area contributed by atoms with Crippen molar-refractivity contribution in [2.45, 2.75) is 28.8 Å². The molecule has 2 aromatic carbocycles. The highest BCUT2D eigenvalue weighted by Gasteiger charge is 2.35. The molecule has 0 spiro atoms. The highest BCUT2D eigenvalue weighted by Crippen LogP contribution is 2.48. The molecule has 0 atom stereocenters. The van der Waals surface area contributed by atoms with Gasteiger partial charge in [-0.05, 0) is 42.7 Å². The van der Waals surface area contributed by atoms with Gasteiger partial charge in [0, 0.05) is 15.7 Å². The summed E-state index contributed by atoms with van der Waals surface area (Å²) in [5.74, 6) is 0.338. The first-order valence-corrected chi connectivity index (χ1v) is 8.19. The summed E-state index contributed by atoms with van der Waals surface area (Å²) in [7, 11) is 0. The van der Waals surface area contributed by atoms with Crippen molar-refractivity contribution < 1.29 is 13.2 Å². The fraction of sp³-hybridized carbons (Fsp3) is 0.250. The zero-order valence-corrected chi connectivity index (χ0v) is 13.1. The molecule has 0 saturated heterocycles. The maximum atomic E-state index is 13.3. The number of anilines is 2. The molecule has 0 aromatic heterocycles. The first-order valence-electron chi connectivity index (χ1n) is 6.83. The van der Waals surface area contributed by atoms with Crippen molar-refractivity contribution in [1.82, 2.24) is 0 Å². The normalized spacial score (nSPS) is 13.3. The van der Waals surface area contributed by atoms with Crippen LogP contribution in [0.1, 0.15) is 17.5 Å². The SMILES string of the molecule is FC(F)(F)c1ccc2c(c1CCCCl)Nc1ccccc1S2. The summed E-state index contributed by atoms with van der Waals surface area (Å²) in [4.78, 5) is 1.83. The van der Waals surface area contributed by atoms with Gasteiger partial charge >= 0.3 is 6.18 Å². The molecule has 22 heavy (non-hydrogen) atoms. The number of benzene rings is 2. The molecule has 2 aromatic rings. The number of alkyl halides is 4. The minimum Gasteiger partial charge on any atom is -0.353 e. The molecule has 1 nitrogen and oxygen atoms in total. The second-order valence-corrected chi connectivity index (χ2v) is 6.44. The van der Waals surface area contributed by atoms with E-state index in [1.54, 1.807) is 0 Å². The van der Waals surface area contributed by atoms with Crippen molar-refractivity contribution in [3.05, 3.63) is 47.5 Å². The number of fused-ring (bicyclic) bond motifs is 2. The first kappa shape index (κ1) is 15.6. The first-order chi connectivity index (χ1) is 10.5. The zero-order valence-electron chi connectivity index (χ0n) is 11.5. The van der Waals surface area contributed by atoms with E-state index in [0.29, 0.717) is 30.0 Å². The Bertz CT molecular complexity index is 700. The van der Waals surface area contributed by atoms with Crippen molar-refractivity contribution in [3.8, 4) is 0 Å². The Labute approximate surface area is 135 Å². The summed E-state index contributed by atoms with van der Waals surface area (Å²) in [6.45, 7) is 0. The van der Waals surface area contributed by atoms with Gasteiger partial charge in [0.05, 0.1) is 16.9 Å². The molecule has 0 unspecified atom stereocenters. The van der Waals surface area contributed by atoms with Crippen LogP contribution in [0.25, 0.3) is 0 Å². The van der Waals surface area contributed by atoms with Crippen LogP contribution >= 0.6 is 23.4 Å². The van der Waals surface area contributed by atoms with E-state index in [-0.39, 0.29) is 0 Å². The third-order valence-electron chi connectivity index (χ3n) is 3.51. The zero-order chi connectivity index (χ0) is 15.7. The molecular weight excluding hydrogens is 331 g/mol. The molecule has 6 heteroatoms. The number of hydrogen-bond donors (Lipinski definition) is 1. The van der Waals surface area contributed by atoms with Gasteiger partial charge in [-0.2, -0.15) is 13.2 Å². The molecule has 3 rings (SSSR count). The van der Waals surface area contributed by atoms with Crippen LogP contribution in [0.15, 0.2) is 46.2 Å². The van der Waals surface area contributed by atoms with Gasteiger partial charge in [0.2, 0.25) is 0 Å². The van der Waals surface area contributed by atoms with Crippen molar-refractivity contribution in [3.63, 3.8) is 0 Å². The third-order valence-corrected chi connectivity index (χ3v) is 4.91. The van der Waals surface area contributed by atoms with Crippen LogP contribution in [-0.4, -0.2) is 5.88 Å². The smallest absolute Gasteiger partial charge is 0.353 e. The Kier molecular flexibility index (Phi) is 4.28. The average molecular weight is 344 g/mol. The summed E-state index contributed by atoms with van der Waals surface area (Å²) in [6, 6.07) is 10.3. The van der Waals surface area contributed by atoms with E-state index < -0.39 is 11.7 Å². The maximum Gasteiger partial charge on any atom is 0.416 e. The molecular formula is C16H13ClF3NS. The molecule has 0 saturated carbocycles. The number of halogens is 4. The summed E-state index contributed by atoms with van der Waals surface area (Å²) in [5, 5.41) is 3.17. The fourth-order valence-electron chi connectivity index (χ4n) is 2.53. The molecule has 1 aliphatic rings. The molecule has 1 heterocycles. The minimum atomic E-state index is -4.36.